The molecule has 0 spiro atoms. The highest BCUT2D eigenvalue weighted by Crippen LogP contribution is 2.18. The maximum absolute atomic E-state index is 10.7. The quantitative estimate of drug-likeness (QED) is 0.613. The molecule has 0 atom stereocenters. The van der Waals surface area contributed by atoms with Crippen molar-refractivity contribution in [2.75, 3.05) is 0 Å². The SMILES string of the molecule is CCCc1nccn1-c1ccc([N+](=O)[O-])c(C)n1. The third kappa shape index (κ3) is 2.22. The smallest absolute Gasteiger partial charge is 0.288 e. The summed E-state index contributed by atoms with van der Waals surface area (Å²) in [5.74, 6) is 1.58. The highest BCUT2D eigenvalue weighted by Gasteiger charge is 2.13. The number of aryl methyl sites for hydroxylation is 2. The third-order valence-electron chi connectivity index (χ3n) is 2.68. The van der Waals surface area contributed by atoms with Crippen LogP contribution in [0.2, 0.25) is 0 Å². The summed E-state index contributed by atoms with van der Waals surface area (Å²) in [4.78, 5) is 18.8. The number of nitro groups is 1. The number of nitrogens with zero attached hydrogens (tertiary/aromatic N) is 4. The lowest BCUT2D eigenvalue weighted by atomic mass is 10.3. The summed E-state index contributed by atoms with van der Waals surface area (Å²) in [6, 6.07) is 3.12. The zero-order valence-electron chi connectivity index (χ0n) is 10.3. The molecule has 6 heteroatoms. The van der Waals surface area contributed by atoms with E-state index in [0.29, 0.717) is 11.5 Å². The summed E-state index contributed by atoms with van der Waals surface area (Å²) in [7, 11) is 0. The molecule has 0 aliphatic carbocycles. The van der Waals surface area contributed by atoms with Gasteiger partial charge in [-0.05, 0) is 19.4 Å². The van der Waals surface area contributed by atoms with Crippen molar-refractivity contribution in [1.29, 1.82) is 0 Å². The van der Waals surface area contributed by atoms with E-state index in [1.165, 1.54) is 6.07 Å². The fraction of sp³-hybridized carbons (Fsp3) is 0.333. The molecule has 0 N–H and O–H groups in total. The summed E-state index contributed by atoms with van der Waals surface area (Å²) in [5, 5.41) is 10.7. The Morgan fingerprint density at radius 2 is 2.22 bits per heavy atom. The van der Waals surface area contributed by atoms with Crippen LogP contribution in [-0.2, 0) is 6.42 Å². The maximum atomic E-state index is 10.7. The van der Waals surface area contributed by atoms with Gasteiger partial charge >= 0.3 is 0 Å². The van der Waals surface area contributed by atoms with Crippen molar-refractivity contribution in [3.05, 3.63) is 46.2 Å². The fourth-order valence-electron chi connectivity index (χ4n) is 1.82. The van der Waals surface area contributed by atoms with Crippen LogP contribution in [0.25, 0.3) is 5.82 Å². The first-order valence-electron chi connectivity index (χ1n) is 5.78. The standard InChI is InChI=1S/C12H14N4O2/c1-3-4-11-13-7-8-15(11)12-6-5-10(16(17)18)9(2)14-12/h5-8H,3-4H2,1-2H3. The zero-order chi connectivity index (χ0) is 13.1. The molecule has 0 fully saturated rings. The van der Waals surface area contributed by atoms with Crippen molar-refractivity contribution in [2.24, 2.45) is 0 Å². The summed E-state index contributed by atoms with van der Waals surface area (Å²) < 4.78 is 1.86. The Morgan fingerprint density at radius 1 is 1.44 bits per heavy atom. The molecule has 0 aliphatic heterocycles. The second-order valence-corrected chi connectivity index (χ2v) is 3.99. The minimum Gasteiger partial charge on any atom is -0.288 e. The van der Waals surface area contributed by atoms with E-state index in [-0.39, 0.29) is 5.69 Å². The molecule has 0 bridgehead atoms. The molecule has 0 aromatic carbocycles. The average molecular weight is 246 g/mol. The first-order chi connectivity index (χ1) is 8.63. The topological polar surface area (TPSA) is 73.8 Å². The summed E-state index contributed by atoms with van der Waals surface area (Å²) in [6.07, 6.45) is 5.37. The highest BCUT2D eigenvalue weighted by atomic mass is 16.6. The van der Waals surface area contributed by atoms with Crippen LogP contribution in [0.1, 0.15) is 24.9 Å². The fourth-order valence-corrected chi connectivity index (χ4v) is 1.82. The van der Waals surface area contributed by atoms with Gasteiger partial charge in [-0.25, -0.2) is 9.97 Å². The largest absolute Gasteiger partial charge is 0.290 e. The van der Waals surface area contributed by atoms with Gasteiger partial charge < -0.3 is 0 Å². The van der Waals surface area contributed by atoms with Crippen molar-refractivity contribution in [1.82, 2.24) is 14.5 Å². The zero-order valence-corrected chi connectivity index (χ0v) is 10.3. The summed E-state index contributed by atoms with van der Waals surface area (Å²) in [6.45, 7) is 3.71. The Hall–Kier alpha value is -2.24. The molecule has 2 heterocycles. The lowest BCUT2D eigenvalue weighted by Crippen LogP contribution is -2.04. The normalized spacial score (nSPS) is 10.6. The first kappa shape index (κ1) is 12.2. The van der Waals surface area contributed by atoms with E-state index < -0.39 is 4.92 Å². The molecule has 2 aromatic rings. The van der Waals surface area contributed by atoms with Gasteiger partial charge in [-0.1, -0.05) is 6.92 Å². The molecule has 0 radical (unpaired) electrons. The van der Waals surface area contributed by atoms with Gasteiger partial charge in [0.15, 0.2) is 0 Å². The minimum atomic E-state index is -0.424. The molecule has 94 valence electrons. The van der Waals surface area contributed by atoms with Gasteiger partial charge in [0.05, 0.1) is 4.92 Å². The molecule has 6 nitrogen and oxygen atoms in total. The molecular formula is C12H14N4O2. The van der Waals surface area contributed by atoms with Crippen LogP contribution >= 0.6 is 0 Å². The van der Waals surface area contributed by atoms with Crippen molar-refractivity contribution in [3.63, 3.8) is 0 Å². The Bertz CT molecular complexity index is 577. The van der Waals surface area contributed by atoms with Gasteiger partial charge in [0.25, 0.3) is 5.69 Å². The molecule has 0 saturated carbocycles. The molecule has 0 saturated heterocycles. The van der Waals surface area contributed by atoms with Crippen molar-refractivity contribution in [2.45, 2.75) is 26.7 Å². The van der Waals surface area contributed by atoms with E-state index in [0.717, 1.165) is 18.7 Å². The third-order valence-corrected chi connectivity index (χ3v) is 2.68. The Balaban J connectivity index is 2.42. The molecule has 18 heavy (non-hydrogen) atoms. The van der Waals surface area contributed by atoms with Gasteiger partial charge in [0, 0.05) is 24.9 Å². The van der Waals surface area contributed by atoms with Crippen LogP contribution in [0.5, 0.6) is 0 Å². The van der Waals surface area contributed by atoms with E-state index in [9.17, 15) is 10.1 Å². The van der Waals surface area contributed by atoms with Crippen LogP contribution in [-0.4, -0.2) is 19.5 Å². The molecule has 0 unspecified atom stereocenters. The Kier molecular flexibility index (Phi) is 3.36. The maximum Gasteiger partial charge on any atom is 0.290 e. The van der Waals surface area contributed by atoms with E-state index in [2.05, 4.69) is 16.9 Å². The van der Waals surface area contributed by atoms with E-state index >= 15 is 0 Å². The minimum absolute atomic E-state index is 0.0379. The van der Waals surface area contributed by atoms with Crippen LogP contribution in [0.15, 0.2) is 24.5 Å². The van der Waals surface area contributed by atoms with Crippen LogP contribution in [0, 0.1) is 17.0 Å². The molecular weight excluding hydrogens is 232 g/mol. The number of pyridine rings is 1. The lowest BCUT2D eigenvalue weighted by Gasteiger charge is -2.07. The lowest BCUT2D eigenvalue weighted by molar-refractivity contribution is -0.385. The first-order valence-corrected chi connectivity index (χ1v) is 5.78. The number of hydrogen-bond acceptors (Lipinski definition) is 4. The van der Waals surface area contributed by atoms with E-state index in [1.807, 2.05) is 10.8 Å². The Labute approximate surface area is 104 Å². The second-order valence-electron chi connectivity index (χ2n) is 3.99. The van der Waals surface area contributed by atoms with Crippen molar-refractivity contribution in [3.8, 4) is 5.82 Å². The number of hydrogen-bond donors (Lipinski definition) is 0. The number of aromatic nitrogens is 3. The predicted octanol–water partition coefficient (Wildman–Crippen LogP) is 2.44. The van der Waals surface area contributed by atoms with Crippen LogP contribution in [0.4, 0.5) is 5.69 Å². The average Bonchev–Trinajstić information content (AvgIpc) is 2.77. The van der Waals surface area contributed by atoms with Crippen molar-refractivity contribution >= 4 is 5.69 Å². The van der Waals surface area contributed by atoms with Crippen LogP contribution < -0.4 is 0 Å². The molecule has 2 rings (SSSR count). The van der Waals surface area contributed by atoms with E-state index in [4.69, 9.17) is 0 Å². The molecule has 0 amide bonds. The Morgan fingerprint density at radius 3 is 2.83 bits per heavy atom. The van der Waals surface area contributed by atoms with E-state index in [1.54, 1.807) is 19.2 Å². The van der Waals surface area contributed by atoms with Gasteiger partial charge in [-0.2, -0.15) is 0 Å². The number of rotatable bonds is 4. The predicted molar refractivity (Wildman–Crippen MR) is 66.7 cm³/mol. The van der Waals surface area contributed by atoms with Gasteiger partial charge in [0.2, 0.25) is 0 Å². The molecule has 0 aliphatic rings. The monoisotopic (exact) mass is 246 g/mol. The number of imidazole rings is 1. The molecule has 2 aromatic heterocycles. The van der Waals surface area contributed by atoms with Gasteiger partial charge in [-0.3, -0.25) is 14.7 Å². The summed E-state index contributed by atoms with van der Waals surface area (Å²) >= 11 is 0. The highest BCUT2D eigenvalue weighted by molar-refractivity contribution is 5.40. The van der Waals surface area contributed by atoms with Gasteiger partial charge in [0.1, 0.15) is 17.3 Å². The van der Waals surface area contributed by atoms with Crippen molar-refractivity contribution < 1.29 is 4.92 Å². The van der Waals surface area contributed by atoms with Crippen LogP contribution in [0.3, 0.4) is 0 Å². The second kappa shape index (κ2) is 4.95. The van der Waals surface area contributed by atoms with Gasteiger partial charge in [-0.15, -0.1) is 0 Å². The summed E-state index contributed by atoms with van der Waals surface area (Å²) in [5.41, 5.74) is 0.449.